The predicted octanol–water partition coefficient (Wildman–Crippen LogP) is 4.22. The summed E-state index contributed by atoms with van der Waals surface area (Å²) in [6.07, 6.45) is 1.70. The second-order valence-electron chi connectivity index (χ2n) is 7.74. The zero-order valence-corrected chi connectivity index (χ0v) is 16.6. The van der Waals surface area contributed by atoms with Crippen LogP contribution >= 0.6 is 0 Å². The van der Waals surface area contributed by atoms with E-state index in [0.29, 0.717) is 19.0 Å². The first-order valence-corrected chi connectivity index (χ1v) is 9.88. The lowest BCUT2D eigenvalue weighted by atomic mass is 9.96. The molecule has 1 aliphatic heterocycles. The van der Waals surface area contributed by atoms with Crippen molar-refractivity contribution in [3.63, 3.8) is 0 Å². The Morgan fingerprint density at radius 2 is 1.82 bits per heavy atom. The molecule has 146 valence electrons. The summed E-state index contributed by atoms with van der Waals surface area (Å²) in [4.78, 5) is 19.5. The van der Waals surface area contributed by atoms with Gasteiger partial charge in [-0.1, -0.05) is 49.3 Å². The zero-order valence-electron chi connectivity index (χ0n) is 16.6. The molecule has 28 heavy (non-hydrogen) atoms. The van der Waals surface area contributed by atoms with Crippen LogP contribution in [0, 0.1) is 0 Å². The van der Waals surface area contributed by atoms with E-state index in [0.717, 1.165) is 35.6 Å². The van der Waals surface area contributed by atoms with E-state index in [1.54, 1.807) is 0 Å². The van der Waals surface area contributed by atoms with Gasteiger partial charge in [0.05, 0.1) is 0 Å². The minimum Gasteiger partial charge on any atom is -0.340 e. The van der Waals surface area contributed by atoms with E-state index in [2.05, 4.69) is 36.1 Å². The lowest BCUT2D eigenvalue weighted by Crippen LogP contribution is -2.38. The minimum atomic E-state index is 0.0801. The van der Waals surface area contributed by atoms with Gasteiger partial charge in [-0.05, 0) is 30.5 Å². The first-order chi connectivity index (χ1) is 13.5. The summed E-state index contributed by atoms with van der Waals surface area (Å²) < 4.78 is 7.43. The van der Waals surface area contributed by atoms with E-state index in [-0.39, 0.29) is 17.7 Å². The highest BCUT2D eigenvalue weighted by Crippen LogP contribution is 2.29. The summed E-state index contributed by atoms with van der Waals surface area (Å²) in [6, 6.07) is 14.1. The zero-order chi connectivity index (χ0) is 19.7. The Labute approximate surface area is 165 Å². The molecule has 1 aliphatic rings. The van der Waals surface area contributed by atoms with Gasteiger partial charge in [0.15, 0.2) is 5.82 Å². The van der Waals surface area contributed by atoms with Crippen molar-refractivity contribution in [2.24, 2.45) is 7.05 Å². The number of hydrogen-bond acceptors (Lipinski definition) is 4. The maximum atomic E-state index is 13.1. The lowest BCUT2D eigenvalue weighted by molar-refractivity contribution is 0.0695. The number of aromatic nitrogens is 3. The number of amides is 1. The Kier molecular flexibility index (Phi) is 5.03. The lowest BCUT2D eigenvalue weighted by Gasteiger charge is -2.30. The van der Waals surface area contributed by atoms with Gasteiger partial charge >= 0.3 is 0 Å². The van der Waals surface area contributed by atoms with Crippen LogP contribution in [0.25, 0.3) is 11.3 Å². The van der Waals surface area contributed by atoms with Crippen molar-refractivity contribution in [3.8, 4) is 11.3 Å². The molecule has 3 aromatic rings. The number of likely N-dealkylation sites (tertiary alicyclic amines) is 1. The molecule has 0 saturated carbocycles. The van der Waals surface area contributed by atoms with Crippen LogP contribution in [-0.2, 0) is 7.05 Å². The van der Waals surface area contributed by atoms with E-state index in [1.165, 1.54) is 0 Å². The number of carbonyl (C=O) groups is 1. The Morgan fingerprint density at radius 1 is 1.11 bits per heavy atom. The first-order valence-electron chi connectivity index (χ1n) is 9.88. The number of nitrogens with zero attached hydrogens (tertiary/aromatic N) is 4. The first kappa shape index (κ1) is 18.5. The second kappa shape index (κ2) is 7.62. The fourth-order valence-electron chi connectivity index (χ4n) is 3.76. The molecular weight excluding hydrogens is 352 g/mol. The summed E-state index contributed by atoms with van der Waals surface area (Å²) in [5.74, 6) is 2.04. The molecule has 0 atom stereocenters. The molecule has 0 bridgehead atoms. The number of benzene rings is 1. The summed E-state index contributed by atoms with van der Waals surface area (Å²) in [6.45, 7) is 5.52. The van der Waals surface area contributed by atoms with E-state index in [4.69, 9.17) is 4.52 Å². The molecule has 1 aromatic carbocycles. The van der Waals surface area contributed by atoms with Crippen molar-refractivity contribution in [1.29, 1.82) is 0 Å². The van der Waals surface area contributed by atoms with Gasteiger partial charge in [0, 0.05) is 37.7 Å². The third kappa shape index (κ3) is 3.46. The topological polar surface area (TPSA) is 64.2 Å². The van der Waals surface area contributed by atoms with Crippen molar-refractivity contribution in [2.45, 2.75) is 38.5 Å². The smallest absolute Gasteiger partial charge is 0.270 e. The number of piperidine rings is 1. The van der Waals surface area contributed by atoms with E-state index in [9.17, 15) is 4.79 Å². The van der Waals surface area contributed by atoms with Crippen LogP contribution in [0.1, 0.15) is 60.7 Å². The Bertz CT molecular complexity index is 950. The summed E-state index contributed by atoms with van der Waals surface area (Å²) >= 11 is 0. The number of carbonyl (C=O) groups excluding carboxylic acids is 1. The van der Waals surface area contributed by atoms with Gasteiger partial charge in [-0.2, -0.15) is 4.98 Å². The molecular formula is C22H26N4O2. The minimum absolute atomic E-state index is 0.0801. The second-order valence-corrected chi connectivity index (χ2v) is 7.74. The van der Waals surface area contributed by atoms with E-state index < -0.39 is 0 Å². The predicted molar refractivity (Wildman–Crippen MR) is 107 cm³/mol. The Balaban J connectivity index is 1.44. The number of rotatable bonds is 4. The summed E-state index contributed by atoms with van der Waals surface area (Å²) in [5.41, 5.74) is 2.88. The fourth-order valence-corrected chi connectivity index (χ4v) is 3.76. The van der Waals surface area contributed by atoms with Crippen molar-refractivity contribution < 1.29 is 9.32 Å². The molecule has 2 aromatic heterocycles. The molecule has 0 N–H and O–H groups in total. The third-order valence-corrected chi connectivity index (χ3v) is 5.52. The molecule has 6 nitrogen and oxygen atoms in total. The van der Waals surface area contributed by atoms with Gasteiger partial charge in [-0.25, -0.2) is 0 Å². The van der Waals surface area contributed by atoms with Crippen LogP contribution < -0.4 is 0 Å². The van der Waals surface area contributed by atoms with E-state index in [1.807, 2.05) is 46.8 Å². The van der Waals surface area contributed by atoms with Crippen LogP contribution in [0.5, 0.6) is 0 Å². The highest BCUT2D eigenvalue weighted by atomic mass is 16.5. The van der Waals surface area contributed by atoms with Crippen LogP contribution in [0.4, 0.5) is 0 Å². The highest BCUT2D eigenvalue weighted by molar-refractivity contribution is 5.94. The van der Waals surface area contributed by atoms with Crippen LogP contribution in [0.2, 0.25) is 0 Å². The quantitative estimate of drug-likeness (QED) is 0.682. The van der Waals surface area contributed by atoms with E-state index >= 15 is 0 Å². The van der Waals surface area contributed by atoms with Crippen LogP contribution in [0.3, 0.4) is 0 Å². The van der Waals surface area contributed by atoms with Gasteiger partial charge in [0.2, 0.25) is 5.89 Å². The van der Waals surface area contributed by atoms with Crippen LogP contribution in [-0.4, -0.2) is 38.6 Å². The molecule has 0 spiro atoms. The molecule has 0 aliphatic carbocycles. The van der Waals surface area contributed by atoms with Gasteiger partial charge < -0.3 is 14.0 Å². The molecule has 3 heterocycles. The number of hydrogen-bond donors (Lipinski definition) is 0. The average molecular weight is 378 g/mol. The van der Waals surface area contributed by atoms with Crippen molar-refractivity contribution in [3.05, 3.63) is 59.9 Å². The standard InChI is InChI=1S/C22H26N4O2/c1-15(2)20-23-21(28-24-20)17-11-13-26(14-12-17)22(27)19-10-9-18(25(19)3)16-7-5-4-6-8-16/h4-10,15,17H,11-14H2,1-3H3. The fraction of sp³-hybridized carbons (Fsp3) is 0.409. The third-order valence-electron chi connectivity index (χ3n) is 5.52. The SMILES string of the molecule is CC(C)c1noc(C2CCN(C(=O)c3ccc(-c4ccccc4)n3C)CC2)n1. The largest absolute Gasteiger partial charge is 0.340 e. The maximum Gasteiger partial charge on any atom is 0.270 e. The Morgan fingerprint density at radius 3 is 2.46 bits per heavy atom. The molecule has 0 unspecified atom stereocenters. The monoisotopic (exact) mass is 378 g/mol. The molecule has 1 fully saturated rings. The summed E-state index contributed by atoms with van der Waals surface area (Å²) in [5, 5.41) is 4.07. The molecule has 6 heteroatoms. The molecule has 1 amide bonds. The maximum absolute atomic E-state index is 13.1. The van der Waals surface area contributed by atoms with Crippen molar-refractivity contribution in [1.82, 2.24) is 19.6 Å². The van der Waals surface area contributed by atoms with Gasteiger partial charge in [0.1, 0.15) is 5.69 Å². The highest BCUT2D eigenvalue weighted by Gasteiger charge is 2.29. The summed E-state index contributed by atoms with van der Waals surface area (Å²) in [7, 11) is 1.95. The van der Waals surface area contributed by atoms with Gasteiger partial charge in [0.25, 0.3) is 5.91 Å². The van der Waals surface area contributed by atoms with Crippen molar-refractivity contribution in [2.75, 3.05) is 13.1 Å². The molecule has 0 radical (unpaired) electrons. The van der Waals surface area contributed by atoms with Gasteiger partial charge in [-0.3, -0.25) is 4.79 Å². The molecule has 1 saturated heterocycles. The molecule has 4 rings (SSSR count). The van der Waals surface area contributed by atoms with Gasteiger partial charge in [-0.15, -0.1) is 0 Å². The van der Waals surface area contributed by atoms with Crippen molar-refractivity contribution >= 4 is 5.91 Å². The average Bonchev–Trinajstić information content (AvgIpc) is 3.36. The Hall–Kier alpha value is -2.89. The normalized spacial score (nSPS) is 15.4. The van der Waals surface area contributed by atoms with Crippen LogP contribution in [0.15, 0.2) is 47.0 Å².